The van der Waals surface area contributed by atoms with Crippen molar-refractivity contribution in [3.8, 4) is 5.88 Å². The van der Waals surface area contributed by atoms with E-state index in [1.54, 1.807) is 12.1 Å². The second kappa shape index (κ2) is 5.69. The van der Waals surface area contributed by atoms with E-state index in [2.05, 4.69) is 4.98 Å². The quantitative estimate of drug-likeness (QED) is 0.796. The molecule has 3 nitrogen and oxygen atoms in total. The molecule has 1 N–H and O–H groups in total. The smallest absolute Gasteiger partial charge is 0.389 e. The van der Waals surface area contributed by atoms with Gasteiger partial charge in [-0.2, -0.15) is 13.2 Å². The molecule has 0 aliphatic carbocycles. The number of aliphatic hydroxyl groups excluding tert-OH is 1. The van der Waals surface area contributed by atoms with Gasteiger partial charge in [-0.05, 0) is 18.6 Å². The lowest BCUT2D eigenvalue weighted by Gasteiger charge is -2.09. The molecule has 0 saturated heterocycles. The number of hydrogen-bond donors (Lipinski definition) is 1. The predicted molar refractivity (Wildman–Crippen MR) is 50.9 cm³/mol. The number of aliphatic hydroxyl groups is 1. The highest BCUT2D eigenvalue weighted by Crippen LogP contribution is 2.21. The topological polar surface area (TPSA) is 42.4 Å². The first-order chi connectivity index (χ1) is 7.53. The van der Waals surface area contributed by atoms with Gasteiger partial charge in [-0.15, -0.1) is 0 Å². The molecule has 0 fully saturated rings. The average molecular weight is 235 g/mol. The van der Waals surface area contributed by atoms with Gasteiger partial charge in [0.15, 0.2) is 0 Å². The Labute approximate surface area is 90.9 Å². The number of hydrogen-bond acceptors (Lipinski definition) is 3. The summed E-state index contributed by atoms with van der Waals surface area (Å²) in [5, 5.41) is 8.90. The van der Waals surface area contributed by atoms with Crippen LogP contribution in [0.25, 0.3) is 0 Å². The van der Waals surface area contributed by atoms with Crippen LogP contribution in [-0.2, 0) is 6.61 Å². The summed E-state index contributed by atoms with van der Waals surface area (Å²) in [5.74, 6) is 0.187. The van der Waals surface area contributed by atoms with Crippen LogP contribution in [0.2, 0.25) is 0 Å². The van der Waals surface area contributed by atoms with E-state index in [4.69, 9.17) is 9.84 Å². The maximum Gasteiger partial charge on any atom is 0.389 e. The summed E-state index contributed by atoms with van der Waals surface area (Å²) in [6.07, 6.45) is -3.70. The van der Waals surface area contributed by atoms with E-state index in [0.717, 1.165) is 0 Å². The predicted octanol–water partition coefficient (Wildman–Crippen LogP) is 2.30. The second-order valence-electron chi connectivity index (χ2n) is 3.19. The molecule has 0 spiro atoms. The van der Waals surface area contributed by atoms with Gasteiger partial charge in [0.05, 0.1) is 13.2 Å². The molecule has 0 saturated carbocycles. The third-order valence-corrected chi connectivity index (χ3v) is 1.86. The molecule has 1 aromatic rings. The van der Waals surface area contributed by atoms with Crippen molar-refractivity contribution in [3.63, 3.8) is 0 Å². The van der Waals surface area contributed by atoms with Crippen LogP contribution in [-0.4, -0.2) is 22.9 Å². The van der Waals surface area contributed by atoms with E-state index in [1.165, 1.54) is 6.20 Å². The molecule has 1 aromatic heterocycles. The molecule has 0 aliphatic rings. The fourth-order valence-electron chi connectivity index (χ4n) is 1.12. The molecule has 0 unspecified atom stereocenters. The van der Waals surface area contributed by atoms with Crippen LogP contribution in [0.4, 0.5) is 13.2 Å². The molecular formula is C10H12F3NO2. The van der Waals surface area contributed by atoms with Crippen LogP contribution in [0.15, 0.2) is 18.3 Å². The SMILES string of the molecule is OCc1cccnc1OCCCC(F)(F)F. The van der Waals surface area contributed by atoms with Gasteiger partial charge < -0.3 is 9.84 Å². The lowest BCUT2D eigenvalue weighted by Crippen LogP contribution is -2.10. The monoisotopic (exact) mass is 235 g/mol. The number of halogens is 3. The van der Waals surface area contributed by atoms with Crippen molar-refractivity contribution >= 4 is 0 Å². The molecule has 6 heteroatoms. The highest BCUT2D eigenvalue weighted by atomic mass is 19.4. The van der Waals surface area contributed by atoms with Crippen LogP contribution in [0.1, 0.15) is 18.4 Å². The highest BCUT2D eigenvalue weighted by molar-refractivity contribution is 5.24. The van der Waals surface area contributed by atoms with Crippen molar-refractivity contribution in [2.24, 2.45) is 0 Å². The Bertz CT molecular complexity index is 328. The maximum absolute atomic E-state index is 11.8. The second-order valence-corrected chi connectivity index (χ2v) is 3.19. The summed E-state index contributed by atoms with van der Waals surface area (Å²) in [5.41, 5.74) is 0.467. The Morgan fingerprint density at radius 1 is 1.38 bits per heavy atom. The van der Waals surface area contributed by atoms with Gasteiger partial charge in [0.2, 0.25) is 5.88 Å². The minimum Gasteiger partial charge on any atom is -0.477 e. The van der Waals surface area contributed by atoms with Gasteiger partial charge in [-0.1, -0.05) is 0 Å². The van der Waals surface area contributed by atoms with E-state index < -0.39 is 12.6 Å². The molecule has 0 radical (unpaired) electrons. The molecule has 1 rings (SSSR count). The summed E-state index contributed by atoms with van der Waals surface area (Å²) in [7, 11) is 0. The Hall–Kier alpha value is -1.30. The van der Waals surface area contributed by atoms with Gasteiger partial charge in [0, 0.05) is 18.2 Å². The molecule has 0 aromatic carbocycles. The van der Waals surface area contributed by atoms with Gasteiger partial charge in [0.25, 0.3) is 0 Å². The van der Waals surface area contributed by atoms with Crippen LogP contribution >= 0.6 is 0 Å². The zero-order chi connectivity index (χ0) is 12.0. The molecule has 0 atom stereocenters. The largest absolute Gasteiger partial charge is 0.477 e. The summed E-state index contributed by atoms with van der Waals surface area (Å²) >= 11 is 0. The average Bonchev–Trinajstić information content (AvgIpc) is 2.23. The molecule has 0 amide bonds. The lowest BCUT2D eigenvalue weighted by atomic mass is 10.3. The van der Waals surface area contributed by atoms with E-state index in [0.29, 0.717) is 5.56 Å². The van der Waals surface area contributed by atoms with Crippen molar-refractivity contribution < 1.29 is 23.0 Å². The van der Waals surface area contributed by atoms with Gasteiger partial charge in [-0.3, -0.25) is 0 Å². The first-order valence-electron chi connectivity index (χ1n) is 4.77. The Kier molecular flexibility index (Phi) is 4.54. The van der Waals surface area contributed by atoms with E-state index in [-0.39, 0.29) is 25.5 Å². The lowest BCUT2D eigenvalue weighted by molar-refractivity contribution is -0.136. The number of alkyl halides is 3. The van der Waals surface area contributed by atoms with E-state index in [1.807, 2.05) is 0 Å². The summed E-state index contributed by atoms with van der Waals surface area (Å²) in [4.78, 5) is 3.82. The first kappa shape index (κ1) is 12.8. The van der Waals surface area contributed by atoms with Crippen LogP contribution in [0.3, 0.4) is 0 Å². The van der Waals surface area contributed by atoms with Crippen molar-refractivity contribution in [2.75, 3.05) is 6.61 Å². The van der Waals surface area contributed by atoms with Crippen molar-refractivity contribution in [2.45, 2.75) is 25.6 Å². The minimum absolute atomic E-state index is 0.0659. The number of nitrogens with zero attached hydrogens (tertiary/aromatic N) is 1. The zero-order valence-electron chi connectivity index (χ0n) is 8.50. The highest BCUT2D eigenvalue weighted by Gasteiger charge is 2.26. The number of pyridine rings is 1. The van der Waals surface area contributed by atoms with Gasteiger partial charge in [-0.25, -0.2) is 4.98 Å². The number of aromatic nitrogens is 1. The third-order valence-electron chi connectivity index (χ3n) is 1.86. The van der Waals surface area contributed by atoms with Crippen LogP contribution in [0.5, 0.6) is 5.88 Å². The Balaban J connectivity index is 2.37. The first-order valence-corrected chi connectivity index (χ1v) is 4.77. The molecule has 16 heavy (non-hydrogen) atoms. The van der Waals surface area contributed by atoms with Crippen molar-refractivity contribution in [1.29, 1.82) is 0 Å². The summed E-state index contributed by atoms with van der Waals surface area (Å²) in [6, 6.07) is 3.22. The molecule has 0 bridgehead atoms. The van der Waals surface area contributed by atoms with Crippen molar-refractivity contribution in [1.82, 2.24) is 4.98 Å². The summed E-state index contributed by atoms with van der Waals surface area (Å²) in [6.45, 7) is -0.314. The number of ether oxygens (including phenoxy) is 1. The van der Waals surface area contributed by atoms with Crippen LogP contribution in [0, 0.1) is 0 Å². The molecular weight excluding hydrogens is 223 g/mol. The third kappa shape index (κ3) is 4.48. The van der Waals surface area contributed by atoms with E-state index >= 15 is 0 Å². The molecule has 1 heterocycles. The normalized spacial score (nSPS) is 11.5. The molecule has 0 aliphatic heterocycles. The minimum atomic E-state index is -4.16. The number of rotatable bonds is 5. The Morgan fingerprint density at radius 2 is 2.12 bits per heavy atom. The van der Waals surface area contributed by atoms with Crippen molar-refractivity contribution in [3.05, 3.63) is 23.9 Å². The summed E-state index contributed by atoms with van der Waals surface area (Å²) < 4.78 is 40.5. The maximum atomic E-state index is 11.8. The standard InChI is InChI=1S/C10H12F3NO2/c11-10(12,13)4-2-6-16-9-8(7-15)3-1-5-14-9/h1,3,5,15H,2,4,6-7H2. The van der Waals surface area contributed by atoms with Crippen LogP contribution < -0.4 is 4.74 Å². The fourth-order valence-corrected chi connectivity index (χ4v) is 1.12. The zero-order valence-corrected chi connectivity index (χ0v) is 8.50. The van der Waals surface area contributed by atoms with Gasteiger partial charge in [0.1, 0.15) is 0 Å². The van der Waals surface area contributed by atoms with E-state index in [9.17, 15) is 13.2 Å². The Morgan fingerprint density at radius 3 is 2.75 bits per heavy atom. The fraction of sp³-hybridized carbons (Fsp3) is 0.500. The molecule has 90 valence electrons. The van der Waals surface area contributed by atoms with Gasteiger partial charge >= 0.3 is 6.18 Å².